The predicted molar refractivity (Wildman–Crippen MR) is 85.8 cm³/mol. The van der Waals surface area contributed by atoms with Crippen LogP contribution in [0.1, 0.15) is 51.9 Å². The molecule has 0 radical (unpaired) electrons. The van der Waals surface area contributed by atoms with Gasteiger partial charge < -0.3 is 4.90 Å². The molecule has 2 heteroatoms. The fourth-order valence-electron chi connectivity index (χ4n) is 1.53. The second-order valence-corrected chi connectivity index (χ2v) is 4.22. The van der Waals surface area contributed by atoms with Gasteiger partial charge in [-0.2, -0.15) is 0 Å². The Morgan fingerprint density at radius 2 is 1.37 bits per heavy atom. The van der Waals surface area contributed by atoms with Crippen LogP contribution in [-0.4, -0.2) is 30.8 Å². The lowest BCUT2D eigenvalue weighted by Gasteiger charge is -2.25. The maximum absolute atomic E-state index is 12.1. The van der Waals surface area contributed by atoms with Crippen molar-refractivity contribution in [2.24, 2.45) is 5.92 Å². The van der Waals surface area contributed by atoms with E-state index in [0.717, 1.165) is 5.56 Å². The normalized spacial score (nSPS) is 12.5. The third-order valence-corrected chi connectivity index (χ3v) is 3.01. The molecule has 0 spiro atoms. The highest BCUT2D eigenvalue weighted by Crippen LogP contribution is 2.14. The van der Waals surface area contributed by atoms with Crippen molar-refractivity contribution in [1.82, 2.24) is 4.90 Å². The second kappa shape index (κ2) is 11.9. The summed E-state index contributed by atoms with van der Waals surface area (Å²) in [7, 11) is 4.00. The van der Waals surface area contributed by atoms with Crippen molar-refractivity contribution in [3.05, 3.63) is 35.9 Å². The molecule has 0 amide bonds. The van der Waals surface area contributed by atoms with Gasteiger partial charge in [0, 0.05) is 17.5 Å². The zero-order valence-electron chi connectivity index (χ0n) is 13.9. The molecule has 110 valence electrons. The monoisotopic (exact) mass is 265 g/mol. The first-order chi connectivity index (χ1) is 9.04. The molecule has 2 nitrogen and oxygen atoms in total. The predicted octanol–water partition coefficient (Wildman–Crippen LogP) is 4.51. The van der Waals surface area contributed by atoms with E-state index in [1.165, 1.54) is 0 Å². The number of ketones is 1. The minimum absolute atomic E-state index is 0.0300. The van der Waals surface area contributed by atoms with E-state index in [4.69, 9.17) is 0 Å². The number of Topliss-reactive ketones (excluding diaryl/α,β-unsaturated/α-hetero) is 1. The number of carbonyl (C=O) groups excluding carboxylic acids is 1. The highest BCUT2D eigenvalue weighted by Gasteiger charge is 2.22. The van der Waals surface area contributed by atoms with Crippen LogP contribution in [-0.2, 0) is 0 Å². The number of nitrogens with zero attached hydrogens (tertiary/aromatic N) is 1. The quantitative estimate of drug-likeness (QED) is 0.747. The van der Waals surface area contributed by atoms with Crippen LogP contribution in [0.15, 0.2) is 30.3 Å². The standard InChI is InChI=1S/C13H19NO.2C2H6/c1-10(11(2)14(3)4)13(15)12-8-6-5-7-9-12;2*1-2/h5-11H,1-4H3;2*1-2H3. The van der Waals surface area contributed by atoms with Crippen LogP contribution in [0.5, 0.6) is 0 Å². The fourth-order valence-corrected chi connectivity index (χ4v) is 1.53. The van der Waals surface area contributed by atoms with E-state index in [2.05, 4.69) is 11.8 Å². The van der Waals surface area contributed by atoms with Gasteiger partial charge in [0.15, 0.2) is 5.78 Å². The summed E-state index contributed by atoms with van der Waals surface area (Å²) in [5.74, 6) is 0.249. The Morgan fingerprint density at radius 3 is 1.74 bits per heavy atom. The second-order valence-electron chi connectivity index (χ2n) is 4.22. The third-order valence-electron chi connectivity index (χ3n) is 3.01. The fraction of sp³-hybridized carbons (Fsp3) is 0.588. The lowest BCUT2D eigenvalue weighted by molar-refractivity contribution is 0.0865. The van der Waals surface area contributed by atoms with Crippen molar-refractivity contribution in [3.63, 3.8) is 0 Å². The summed E-state index contributed by atoms with van der Waals surface area (Å²) in [6.45, 7) is 12.1. The average molecular weight is 265 g/mol. The van der Waals surface area contributed by atoms with Crippen LogP contribution in [0.25, 0.3) is 0 Å². The molecule has 1 aromatic carbocycles. The van der Waals surface area contributed by atoms with Gasteiger partial charge in [-0.25, -0.2) is 0 Å². The lowest BCUT2D eigenvalue weighted by atomic mass is 9.93. The van der Waals surface area contributed by atoms with Gasteiger partial charge in [0.1, 0.15) is 0 Å². The number of hydrogen-bond acceptors (Lipinski definition) is 2. The first kappa shape index (κ1) is 20.2. The van der Waals surface area contributed by atoms with Crippen molar-refractivity contribution >= 4 is 5.78 Å². The van der Waals surface area contributed by atoms with Gasteiger partial charge >= 0.3 is 0 Å². The lowest BCUT2D eigenvalue weighted by Crippen LogP contribution is -2.35. The molecule has 0 heterocycles. The Kier molecular flexibility index (Phi) is 12.6. The van der Waals surface area contributed by atoms with Crippen LogP contribution in [0.2, 0.25) is 0 Å². The van der Waals surface area contributed by atoms with Gasteiger partial charge in [-0.1, -0.05) is 65.0 Å². The molecule has 0 saturated carbocycles. The summed E-state index contributed by atoms with van der Waals surface area (Å²) in [4.78, 5) is 14.1. The molecule has 1 rings (SSSR count). The Bertz CT molecular complexity index is 319. The molecule has 0 aliphatic carbocycles. The zero-order valence-corrected chi connectivity index (χ0v) is 13.9. The van der Waals surface area contributed by atoms with E-state index in [1.807, 2.05) is 79.0 Å². The molecule has 0 N–H and O–H groups in total. The molecular weight excluding hydrogens is 234 g/mol. The van der Waals surface area contributed by atoms with E-state index >= 15 is 0 Å². The van der Waals surface area contributed by atoms with E-state index in [9.17, 15) is 4.79 Å². The van der Waals surface area contributed by atoms with Gasteiger partial charge in [-0.15, -0.1) is 0 Å². The third kappa shape index (κ3) is 7.12. The van der Waals surface area contributed by atoms with E-state index in [-0.39, 0.29) is 17.7 Å². The highest BCUT2D eigenvalue weighted by atomic mass is 16.1. The summed E-state index contributed by atoms with van der Waals surface area (Å²) in [6.07, 6.45) is 0. The van der Waals surface area contributed by atoms with Gasteiger partial charge in [-0.3, -0.25) is 4.79 Å². The summed E-state index contributed by atoms with van der Waals surface area (Å²) in [5, 5.41) is 0. The molecule has 0 aromatic heterocycles. The maximum Gasteiger partial charge on any atom is 0.167 e. The Balaban J connectivity index is 0. The largest absolute Gasteiger partial charge is 0.306 e. The Hall–Kier alpha value is -1.15. The van der Waals surface area contributed by atoms with Crippen molar-refractivity contribution in [3.8, 4) is 0 Å². The van der Waals surface area contributed by atoms with Crippen LogP contribution >= 0.6 is 0 Å². The Morgan fingerprint density at radius 1 is 0.947 bits per heavy atom. The molecule has 0 aliphatic heterocycles. The molecule has 0 bridgehead atoms. The Labute approximate surface area is 119 Å². The van der Waals surface area contributed by atoms with Gasteiger partial charge in [0.2, 0.25) is 0 Å². The van der Waals surface area contributed by atoms with Gasteiger partial charge in [0.25, 0.3) is 0 Å². The van der Waals surface area contributed by atoms with Crippen molar-refractivity contribution < 1.29 is 4.79 Å². The van der Waals surface area contributed by atoms with Crippen LogP contribution < -0.4 is 0 Å². The minimum atomic E-state index is 0.0300. The summed E-state index contributed by atoms with van der Waals surface area (Å²) in [5.41, 5.74) is 0.804. The van der Waals surface area contributed by atoms with E-state index in [0.29, 0.717) is 0 Å². The smallest absolute Gasteiger partial charge is 0.167 e. The molecular formula is C17H31NO. The van der Waals surface area contributed by atoms with Crippen molar-refractivity contribution in [2.75, 3.05) is 14.1 Å². The molecule has 19 heavy (non-hydrogen) atoms. The van der Waals surface area contributed by atoms with Crippen LogP contribution in [0.4, 0.5) is 0 Å². The van der Waals surface area contributed by atoms with Crippen molar-refractivity contribution in [2.45, 2.75) is 47.6 Å². The summed E-state index contributed by atoms with van der Waals surface area (Å²) < 4.78 is 0. The number of rotatable bonds is 4. The molecule has 2 unspecified atom stereocenters. The van der Waals surface area contributed by atoms with Gasteiger partial charge in [-0.05, 0) is 21.0 Å². The molecule has 0 aliphatic rings. The highest BCUT2D eigenvalue weighted by molar-refractivity contribution is 5.97. The summed E-state index contributed by atoms with van der Waals surface area (Å²) in [6, 6.07) is 9.75. The SMILES string of the molecule is CC.CC.CC(C(=O)c1ccccc1)C(C)N(C)C. The van der Waals surface area contributed by atoms with Crippen molar-refractivity contribution in [1.29, 1.82) is 0 Å². The number of benzene rings is 1. The topological polar surface area (TPSA) is 20.3 Å². The average Bonchev–Trinajstić information content (AvgIpc) is 2.49. The van der Waals surface area contributed by atoms with E-state index in [1.54, 1.807) is 0 Å². The van der Waals surface area contributed by atoms with E-state index < -0.39 is 0 Å². The number of hydrogen-bond donors (Lipinski definition) is 0. The van der Waals surface area contributed by atoms with Crippen LogP contribution in [0, 0.1) is 5.92 Å². The minimum Gasteiger partial charge on any atom is -0.306 e. The number of carbonyl (C=O) groups is 1. The molecule has 0 saturated heterocycles. The maximum atomic E-state index is 12.1. The summed E-state index contributed by atoms with van der Waals surface area (Å²) >= 11 is 0. The van der Waals surface area contributed by atoms with Crippen LogP contribution in [0.3, 0.4) is 0 Å². The molecule has 0 fully saturated rings. The molecule has 1 aromatic rings. The molecule has 2 atom stereocenters. The van der Waals surface area contributed by atoms with Gasteiger partial charge in [0.05, 0.1) is 0 Å². The first-order valence-electron chi connectivity index (χ1n) is 7.29. The zero-order chi connectivity index (χ0) is 15.4. The first-order valence-corrected chi connectivity index (χ1v) is 7.29.